The van der Waals surface area contributed by atoms with Gasteiger partial charge in [-0.05, 0) is 43.2 Å². The SMILES string of the molecule is Cc1ccc(F)c(CNc2ccc(-c3cn(C(F)F)nc3C)cc2)c1F. The second kappa shape index (κ2) is 7.19. The van der Waals surface area contributed by atoms with Gasteiger partial charge >= 0.3 is 6.55 Å². The zero-order chi connectivity index (χ0) is 18.8. The van der Waals surface area contributed by atoms with Gasteiger partial charge in [-0.15, -0.1) is 0 Å². The zero-order valence-electron chi connectivity index (χ0n) is 14.2. The van der Waals surface area contributed by atoms with Crippen LogP contribution in [-0.4, -0.2) is 9.78 Å². The molecule has 3 aromatic rings. The summed E-state index contributed by atoms with van der Waals surface area (Å²) in [5.74, 6) is -1.17. The maximum Gasteiger partial charge on any atom is 0.333 e. The van der Waals surface area contributed by atoms with E-state index in [2.05, 4.69) is 10.4 Å². The van der Waals surface area contributed by atoms with E-state index >= 15 is 0 Å². The normalized spacial score (nSPS) is 11.2. The third-order valence-electron chi connectivity index (χ3n) is 4.16. The predicted molar refractivity (Wildman–Crippen MR) is 92.1 cm³/mol. The minimum Gasteiger partial charge on any atom is -0.381 e. The number of halogens is 4. The van der Waals surface area contributed by atoms with Gasteiger partial charge in [0.15, 0.2) is 0 Å². The molecule has 1 heterocycles. The number of alkyl halides is 2. The minimum absolute atomic E-state index is 0.00103. The van der Waals surface area contributed by atoms with Crippen LogP contribution in [0.5, 0.6) is 0 Å². The summed E-state index contributed by atoms with van der Waals surface area (Å²) in [7, 11) is 0. The molecule has 26 heavy (non-hydrogen) atoms. The molecule has 136 valence electrons. The Morgan fingerprint density at radius 3 is 2.35 bits per heavy atom. The average molecular weight is 363 g/mol. The van der Waals surface area contributed by atoms with E-state index in [4.69, 9.17) is 0 Å². The Bertz CT molecular complexity index is 917. The van der Waals surface area contributed by atoms with Crippen molar-refractivity contribution in [3.8, 4) is 11.1 Å². The molecular weight excluding hydrogens is 346 g/mol. The summed E-state index contributed by atoms with van der Waals surface area (Å²) in [6.45, 7) is 0.544. The molecule has 3 nitrogen and oxygen atoms in total. The van der Waals surface area contributed by atoms with Crippen molar-refractivity contribution in [3.05, 3.63) is 71.1 Å². The van der Waals surface area contributed by atoms with Gasteiger partial charge in [0, 0.05) is 29.6 Å². The molecule has 0 fully saturated rings. The highest BCUT2D eigenvalue weighted by atomic mass is 19.3. The van der Waals surface area contributed by atoms with Crippen LogP contribution in [0.1, 0.15) is 23.4 Å². The van der Waals surface area contributed by atoms with E-state index in [1.165, 1.54) is 18.3 Å². The summed E-state index contributed by atoms with van der Waals surface area (Å²) < 4.78 is 53.9. The van der Waals surface area contributed by atoms with Gasteiger partial charge in [0.05, 0.1) is 5.69 Å². The maximum absolute atomic E-state index is 14.0. The van der Waals surface area contributed by atoms with E-state index in [-0.39, 0.29) is 12.1 Å². The summed E-state index contributed by atoms with van der Waals surface area (Å²) in [5.41, 5.74) is 2.84. The lowest BCUT2D eigenvalue weighted by Gasteiger charge is -2.10. The number of nitrogens with zero attached hydrogens (tertiary/aromatic N) is 2. The second-order valence-corrected chi connectivity index (χ2v) is 5.97. The first kappa shape index (κ1) is 18.0. The average Bonchev–Trinajstić information content (AvgIpc) is 3.01. The summed E-state index contributed by atoms with van der Waals surface area (Å²) in [5, 5.41) is 6.75. The van der Waals surface area contributed by atoms with Crippen LogP contribution in [0.15, 0.2) is 42.6 Å². The Labute approximate surface area is 148 Å². The van der Waals surface area contributed by atoms with Gasteiger partial charge in [0.1, 0.15) is 11.6 Å². The molecule has 0 atom stereocenters. The third-order valence-corrected chi connectivity index (χ3v) is 4.16. The van der Waals surface area contributed by atoms with Gasteiger partial charge in [-0.2, -0.15) is 13.9 Å². The molecule has 0 aliphatic rings. The van der Waals surface area contributed by atoms with Crippen LogP contribution in [0.4, 0.5) is 23.2 Å². The number of hydrogen-bond donors (Lipinski definition) is 1. The van der Waals surface area contributed by atoms with Crippen LogP contribution >= 0.6 is 0 Å². The molecule has 0 bridgehead atoms. The lowest BCUT2D eigenvalue weighted by Crippen LogP contribution is -2.05. The van der Waals surface area contributed by atoms with Crippen LogP contribution in [-0.2, 0) is 6.54 Å². The molecule has 0 amide bonds. The summed E-state index contributed by atoms with van der Waals surface area (Å²) in [6.07, 6.45) is 1.29. The molecule has 2 aromatic carbocycles. The van der Waals surface area contributed by atoms with E-state index < -0.39 is 18.2 Å². The molecule has 1 N–H and O–H groups in total. The molecule has 0 unspecified atom stereocenters. The minimum atomic E-state index is -2.69. The van der Waals surface area contributed by atoms with Gasteiger partial charge in [-0.1, -0.05) is 18.2 Å². The number of benzene rings is 2. The highest BCUT2D eigenvalue weighted by Gasteiger charge is 2.13. The standard InChI is InChI=1S/C19H17F4N3/c1-11-3-8-17(20)15(18(11)21)9-24-14-6-4-13(5-7-14)16-10-26(19(22)23)25-12(16)2/h3-8,10,19,24H,9H2,1-2H3. The van der Waals surface area contributed by atoms with Crippen molar-refractivity contribution in [1.82, 2.24) is 9.78 Å². The van der Waals surface area contributed by atoms with E-state index in [0.717, 1.165) is 5.56 Å². The summed E-state index contributed by atoms with van der Waals surface area (Å²) >= 11 is 0. The Morgan fingerprint density at radius 2 is 1.73 bits per heavy atom. The van der Waals surface area contributed by atoms with Crippen LogP contribution in [0.3, 0.4) is 0 Å². The van der Waals surface area contributed by atoms with Crippen LogP contribution in [0.2, 0.25) is 0 Å². The van der Waals surface area contributed by atoms with Gasteiger partial charge in [-0.25, -0.2) is 13.5 Å². The molecule has 0 radical (unpaired) electrons. The van der Waals surface area contributed by atoms with E-state index in [0.29, 0.717) is 27.2 Å². The van der Waals surface area contributed by atoms with E-state index in [1.807, 2.05) is 0 Å². The van der Waals surface area contributed by atoms with Crippen molar-refractivity contribution in [1.29, 1.82) is 0 Å². The molecule has 1 aromatic heterocycles. The largest absolute Gasteiger partial charge is 0.381 e. The van der Waals surface area contributed by atoms with Crippen molar-refractivity contribution < 1.29 is 17.6 Å². The molecular formula is C19H17F4N3. The van der Waals surface area contributed by atoms with Crippen molar-refractivity contribution in [2.24, 2.45) is 0 Å². The molecule has 0 saturated carbocycles. The summed E-state index contributed by atoms with van der Waals surface area (Å²) in [4.78, 5) is 0. The lowest BCUT2D eigenvalue weighted by atomic mass is 10.1. The number of rotatable bonds is 5. The van der Waals surface area contributed by atoms with E-state index in [9.17, 15) is 17.6 Å². The number of aryl methyl sites for hydroxylation is 2. The zero-order valence-corrected chi connectivity index (χ0v) is 14.2. The highest BCUT2D eigenvalue weighted by molar-refractivity contribution is 5.67. The van der Waals surface area contributed by atoms with Gasteiger partial charge < -0.3 is 5.32 Å². The number of aromatic nitrogens is 2. The number of anilines is 1. The monoisotopic (exact) mass is 363 g/mol. The number of nitrogens with one attached hydrogen (secondary N) is 1. The first-order valence-electron chi connectivity index (χ1n) is 7.98. The third kappa shape index (κ3) is 3.56. The molecule has 0 aliphatic heterocycles. The molecule has 0 aliphatic carbocycles. The lowest BCUT2D eigenvalue weighted by molar-refractivity contribution is 0.0563. The van der Waals surface area contributed by atoms with Crippen molar-refractivity contribution in [2.75, 3.05) is 5.32 Å². The Hall–Kier alpha value is -2.83. The summed E-state index contributed by atoms with van der Waals surface area (Å²) in [6, 6.07) is 9.56. The highest BCUT2D eigenvalue weighted by Crippen LogP contribution is 2.26. The molecule has 3 rings (SSSR count). The molecule has 7 heteroatoms. The maximum atomic E-state index is 14.0. The van der Waals surface area contributed by atoms with Gasteiger partial charge in [-0.3, -0.25) is 0 Å². The molecule has 0 spiro atoms. The van der Waals surface area contributed by atoms with Crippen molar-refractivity contribution in [3.63, 3.8) is 0 Å². The molecule has 0 saturated heterocycles. The fourth-order valence-corrected chi connectivity index (χ4v) is 2.70. The van der Waals surface area contributed by atoms with Crippen LogP contribution in [0, 0.1) is 25.5 Å². The quantitative estimate of drug-likeness (QED) is 0.611. The van der Waals surface area contributed by atoms with E-state index in [1.54, 1.807) is 38.1 Å². The Kier molecular flexibility index (Phi) is 4.97. The second-order valence-electron chi connectivity index (χ2n) is 5.97. The Morgan fingerprint density at radius 1 is 1.04 bits per heavy atom. The Balaban J connectivity index is 1.76. The van der Waals surface area contributed by atoms with Gasteiger partial charge in [0.25, 0.3) is 0 Å². The first-order valence-corrected chi connectivity index (χ1v) is 7.98. The smallest absolute Gasteiger partial charge is 0.333 e. The van der Waals surface area contributed by atoms with Crippen molar-refractivity contribution in [2.45, 2.75) is 26.9 Å². The van der Waals surface area contributed by atoms with Crippen molar-refractivity contribution >= 4 is 5.69 Å². The van der Waals surface area contributed by atoms with Crippen LogP contribution < -0.4 is 5.32 Å². The fraction of sp³-hybridized carbons (Fsp3) is 0.211. The fourth-order valence-electron chi connectivity index (χ4n) is 2.70. The topological polar surface area (TPSA) is 29.9 Å². The number of hydrogen-bond acceptors (Lipinski definition) is 2. The predicted octanol–water partition coefficient (Wildman–Crippen LogP) is 5.45. The van der Waals surface area contributed by atoms with Gasteiger partial charge in [0.2, 0.25) is 0 Å². The van der Waals surface area contributed by atoms with Crippen LogP contribution in [0.25, 0.3) is 11.1 Å². The first-order chi connectivity index (χ1) is 12.4.